The van der Waals surface area contributed by atoms with Crippen molar-refractivity contribution < 1.29 is 14.3 Å². The number of morpholine rings is 1. The lowest BCUT2D eigenvalue weighted by Gasteiger charge is -2.43. The van der Waals surface area contributed by atoms with Crippen LogP contribution in [0.1, 0.15) is 56.1 Å². The molecular formula is C27H39N3O3. The van der Waals surface area contributed by atoms with Crippen molar-refractivity contribution in [3.8, 4) is 5.75 Å². The van der Waals surface area contributed by atoms with Crippen LogP contribution < -0.4 is 10.1 Å². The van der Waals surface area contributed by atoms with Crippen LogP contribution in [0.25, 0.3) is 10.9 Å². The fraction of sp³-hybridized carbons (Fsp3) is 0.667. The minimum absolute atomic E-state index is 0.0581. The molecule has 0 unspecified atom stereocenters. The van der Waals surface area contributed by atoms with Gasteiger partial charge in [0, 0.05) is 43.3 Å². The minimum Gasteiger partial charge on any atom is -0.495 e. The molecule has 2 heterocycles. The molecule has 1 N–H and O–H groups in total. The first-order chi connectivity index (χ1) is 15.8. The predicted molar refractivity (Wildman–Crippen MR) is 131 cm³/mol. The van der Waals surface area contributed by atoms with Crippen LogP contribution in [0, 0.1) is 23.7 Å². The quantitative estimate of drug-likeness (QED) is 0.711. The smallest absolute Gasteiger partial charge is 0.253 e. The van der Waals surface area contributed by atoms with E-state index in [1.54, 1.807) is 7.11 Å². The number of methoxy groups -OCH3 is 1. The second-order valence-electron chi connectivity index (χ2n) is 11.2. The number of benzene rings is 1. The lowest BCUT2D eigenvalue weighted by Crippen LogP contribution is -2.52. The maximum atomic E-state index is 13.9. The fourth-order valence-corrected chi connectivity index (χ4v) is 7.16. The molecule has 1 aromatic heterocycles. The molecule has 1 aromatic carbocycles. The number of hydrogen-bond donors (Lipinski definition) is 1. The van der Waals surface area contributed by atoms with Gasteiger partial charge in [0.2, 0.25) is 0 Å². The van der Waals surface area contributed by atoms with E-state index in [1.165, 1.54) is 19.3 Å². The molecule has 0 spiro atoms. The zero-order valence-electron chi connectivity index (χ0n) is 20.9. The molecule has 2 bridgehead atoms. The number of carbonyl (C=O) groups excluding carboxylic acids is 1. The first-order valence-electron chi connectivity index (χ1n) is 12.5. The average molecular weight is 454 g/mol. The number of carbonyl (C=O) groups is 1. The summed E-state index contributed by atoms with van der Waals surface area (Å²) in [6.07, 6.45) is 3.71. The third kappa shape index (κ3) is 3.66. The summed E-state index contributed by atoms with van der Waals surface area (Å²) >= 11 is 0. The van der Waals surface area contributed by atoms with Gasteiger partial charge >= 0.3 is 0 Å². The van der Waals surface area contributed by atoms with Gasteiger partial charge in [0.1, 0.15) is 5.75 Å². The van der Waals surface area contributed by atoms with Crippen LogP contribution in [-0.4, -0.2) is 61.4 Å². The zero-order valence-corrected chi connectivity index (χ0v) is 20.9. The number of hydrogen-bond acceptors (Lipinski definition) is 4. The van der Waals surface area contributed by atoms with Crippen LogP contribution in [0.4, 0.5) is 0 Å². The Morgan fingerprint density at radius 3 is 2.64 bits per heavy atom. The van der Waals surface area contributed by atoms with E-state index in [-0.39, 0.29) is 22.8 Å². The fourth-order valence-electron chi connectivity index (χ4n) is 7.16. The summed E-state index contributed by atoms with van der Waals surface area (Å²) < 4.78 is 13.5. The monoisotopic (exact) mass is 453 g/mol. The summed E-state index contributed by atoms with van der Waals surface area (Å²) in [4.78, 5) is 16.3. The molecule has 1 amide bonds. The largest absolute Gasteiger partial charge is 0.495 e. The van der Waals surface area contributed by atoms with Crippen LogP contribution in [0.3, 0.4) is 0 Å². The van der Waals surface area contributed by atoms with Crippen LogP contribution >= 0.6 is 0 Å². The molecule has 2 aliphatic carbocycles. The maximum absolute atomic E-state index is 13.9. The van der Waals surface area contributed by atoms with Gasteiger partial charge in [-0.25, -0.2) is 0 Å². The molecule has 6 nitrogen and oxygen atoms in total. The highest BCUT2D eigenvalue weighted by molar-refractivity contribution is 6.09. The molecular weight excluding hydrogens is 414 g/mol. The molecule has 1 saturated heterocycles. The van der Waals surface area contributed by atoms with E-state index in [9.17, 15) is 4.79 Å². The topological polar surface area (TPSA) is 55.7 Å². The minimum atomic E-state index is 0.0581. The summed E-state index contributed by atoms with van der Waals surface area (Å²) in [5.41, 5.74) is 3.17. The Kier molecular flexibility index (Phi) is 5.73. The third-order valence-electron chi connectivity index (χ3n) is 9.04. The Morgan fingerprint density at radius 1 is 1.21 bits per heavy atom. The number of nitrogens with zero attached hydrogens (tertiary/aromatic N) is 2. The summed E-state index contributed by atoms with van der Waals surface area (Å²) in [6.45, 7) is 14.4. The van der Waals surface area contributed by atoms with Gasteiger partial charge in [-0.3, -0.25) is 9.69 Å². The molecule has 3 fully saturated rings. The van der Waals surface area contributed by atoms with Crippen LogP contribution in [0.15, 0.2) is 18.2 Å². The molecule has 2 saturated carbocycles. The summed E-state index contributed by atoms with van der Waals surface area (Å²) in [5, 5.41) is 4.51. The predicted octanol–water partition coefficient (Wildman–Crippen LogP) is 4.24. The van der Waals surface area contributed by atoms with E-state index in [1.807, 2.05) is 12.1 Å². The summed E-state index contributed by atoms with van der Waals surface area (Å²) in [5.74, 6) is 1.58. The lowest BCUT2D eigenvalue weighted by atomic mass is 9.68. The molecule has 33 heavy (non-hydrogen) atoms. The van der Waals surface area contributed by atoms with E-state index >= 15 is 0 Å². The van der Waals surface area contributed by atoms with Gasteiger partial charge < -0.3 is 19.4 Å². The number of amides is 1. The molecule has 3 aliphatic rings. The standard InChI is InChI=1S/C27H39N3O3/c1-18-22(24(31)28-25-26(2,3)19-9-10-27(25,4)17-19)20-7-6-8-21(32-5)23(20)30(18)12-11-29-13-15-33-16-14-29/h6-8,19,25H,9-17H2,1-5H3,(H,28,31)/t19-,25+,27+/m1/s1. The average Bonchev–Trinajstić information content (AvgIpc) is 3.39. The van der Waals surface area contributed by atoms with Gasteiger partial charge in [-0.15, -0.1) is 0 Å². The van der Waals surface area contributed by atoms with Gasteiger partial charge in [-0.05, 0) is 49.0 Å². The van der Waals surface area contributed by atoms with Crippen molar-refractivity contribution in [1.29, 1.82) is 0 Å². The number of aromatic nitrogens is 1. The molecule has 3 atom stereocenters. The number of fused-ring (bicyclic) bond motifs is 3. The Balaban J connectivity index is 1.49. The highest BCUT2D eigenvalue weighted by atomic mass is 16.5. The van der Waals surface area contributed by atoms with E-state index < -0.39 is 0 Å². The highest BCUT2D eigenvalue weighted by Crippen LogP contribution is 2.62. The van der Waals surface area contributed by atoms with Crippen molar-refractivity contribution >= 4 is 16.8 Å². The van der Waals surface area contributed by atoms with Crippen LogP contribution in [0.5, 0.6) is 5.75 Å². The van der Waals surface area contributed by atoms with Gasteiger partial charge in [0.15, 0.2) is 0 Å². The lowest BCUT2D eigenvalue weighted by molar-refractivity contribution is 0.0365. The molecule has 180 valence electrons. The van der Waals surface area contributed by atoms with Crippen LogP contribution in [-0.2, 0) is 11.3 Å². The number of rotatable bonds is 6. The zero-order chi connectivity index (χ0) is 23.4. The molecule has 5 rings (SSSR count). The van der Waals surface area contributed by atoms with Gasteiger partial charge in [0.25, 0.3) is 5.91 Å². The SMILES string of the molecule is COc1cccc2c(C(=O)N[C@H]3C(C)(C)[C@@H]4CC[C@@]3(C)C4)c(C)n(CCN3CCOCC3)c12. The Morgan fingerprint density at radius 2 is 1.97 bits per heavy atom. The second kappa shape index (κ2) is 8.31. The first kappa shape index (κ1) is 22.7. The Labute approximate surface area is 197 Å². The number of nitrogens with one attached hydrogen (secondary N) is 1. The summed E-state index contributed by atoms with van der Waals surface area (Å²) in [6, 6.07) is 6.26. The van der Waals surface area contributed by atoms with Gasteiger partial charge in [-0.2, -0.15) is 0 Å². The second-order valence-corrected chi connectivity index (χ2v) is 11.2. The van der Waals surface area contributed by atoms with Gasteiger partial charge in [0.05, 0.1) is 31.4 Å². The van der Waals surface area contributed by atoms with Crippen molar-refractivity contribution in [2.75, 3.05) is 40.0 Å². The van der Waals surface area contributed by atoms with Gasteiger partial charge in [-0.1, -0.05) is 32.9 Å². The van der Waals surface area contributed by atoms with Crippen molar-refractivity contribution in [2.45, 2.75) is 59.5 Å². The first-order valence-corrected chi connectivity index (χ1v) is 12.5. The van der Waals surface area contributed by atoms with Crippen LogP contribution in [0.2, 0.25) is 0 Å². The molecule has 1 aliphatic heterocycles. The highest BCUT2D eigenvalue weighted by Gasteiger charge is 2.59. The van der Waals surface area contributed by atoms with Crippen molar-refractivity contribution in [3.05, 3.63) is 29.5 Å². The van der Waals surface area contributed by atoms with E-state index in [4.69, 9.17) is 9.47 Å². The Hall–Kier alpha value is -2.05. The summed E-state index contributed by atoms with van der Waals surface area (Å²) in [7, 11) is 1.71. The van der Waals surface area contributed by atoms with Crippen molar-refractivity contribution in [3.63, 3.8) is 0 Å². The molecule has 2 aromatic rings. The number of ether oxygens (including phenoxy) is 2. The van der Waals surface area contributed by atoms with E-state index in [2.05, 4.69) is 48.5 Å². The van der Waals surface area contributed by atoms with E-state index in [0.29, 0.717) is 5.92 Å². The molecule has 6 heteroatoms. The molecule has 0 radical (unpaired) electrons. The third-order valence-corrected chi connectivity index (χ3v) is 9.04. The van der Waals surface area contributed by atoms with E-state index in [0.717, 1.165) is 67.3 Å². The maximum Gasteiger partial charge on any atom is 0.253 e. The van der Waals surface area contributed by atoms with Crippen molar-refractivity contribution in [2.24, 2.45) is 16.7 Å². The number of para-hydroxylation sites is 1. The Bertz CT molecular complexity index is 1050. The van der Waals surface area contributed by atoms with Crippen molar-refractivity contribution in [1.82, 2.24) is 14.8 Å². The normalized spacial score (nSPS) is 29.0.